The van der Waals surface area contributed by atoms with Crippen molar-refractivity contribution in [3.63, 3.8) is 0 Å². The first-order valence-corrected chi connectivity index (χ1v) is 14.5. The summed E-state index contributed by atoms with van der Waals surface area (Å²) in [6.45, 7) is 7.84. The Morgan fingerprint density at radius 3 is 2.62 bits per heavy atom. The summed E-state index contributed by atoms with van der Waals surface area (Å²) in [5.41, 5.74) is 4.35. The number of aromatic nitrogens is 3. The zero-order valence-corrected chi connectivity index (χ0v) is 23.9. The first-order chi connectivity index (χ1) is 20.6. The van der Waals surface area contributed by atoms with E-state index in [1.165, 1.54) is 6.21 Å². The third-order valence-electron chi connectivity index (χ3n) is 8.45. The van der Waals surface area contributed by atoms with Gasteiger partial charge in [-0.2, -0.15) is 10.4 Å². The van der Waals surface area contributed by atoms with Crippen LogP contribution in [0.15, 0.2) is 43.0 Å². The molecule has 2 amide bonds. The number of carbonyl (C=O) groups is 1. The standard InChI is InChI=1S/C30H36N10O2/c1-33-17-24(15-31)23-14-27(29-25(16-32)19-35-40(29)20-23)22-2-3-28(34-18-22)37-6-8-38(9-7-37)30(41)39-5-4-26(21-39)36-10-12-42-13-11-36/h2-3,14-15,17-20,26,31,33H,4-13,21H2,1H3/b24-17+,31-15?. The number of ether oxygens (including phenoxy) is 1. The van der Waals surface area contributed by atoms with E-state index in [1.54, 1.807) is 24.0 Å². The molecule has 3 aromatic heterocycles. The van der Waals surface area contributed by atoms with Crippen LogP contribution in [0.25, 0.3) is 22.2 Å². The minimum Gasteiger partial charge on any atom is -0.393 e. The van der Waals surface area contributed by atoms with Crippen molar-refractivity contribution >= 4 is 29.2 Å². The van der Waals surface area contributed by atoms with E-state index in [4.69, 9.17) is 15.1 Å². The van der Waals surface area contributed by atoms with Crippen LogP contribution in [0, 0.1) is 16.7 Å². The molecule has 0 aromatic carbocycles. The topological polar surface area (TPSA) is 129 Å². The number of nitrogens with zero attached hydrogens (tertiary/aromatic N) is 8. The normalized spacial score (nSPS) is 20.1. The molecule has 3 fully saturated rings. The number of allylic oxidation sites excluding steroid dienone is 1. The lowest BCUT2D eigenvalue weighted by Gasteiger charge is -2.37. The number of amides is 2. The number of anilines is 1. The molecule has 12 nitrogen and oxygen atoms in total. The van der Waals surface area contributed by atoms with Crippen LogP contribution in [0.2, 0.25) is 0 Å². The quantitative estimate of drug-likeness (QED) is 0.433. The number of nitrogens with one attached hydrogen (secondary N) is 2. The number of carbonyl (C=O) groups excluding carboxylic acids is 1. The Balaban J connectivity index is 1.13. The van der Waals surface area contributed by atoms with Gasteiger partial charge in [0.05, 0.1) is 30.5 Å². The zero-order chi connectivity index (χ0) is 29.1. The Labute approximate surface area is 245 Å². The fourth-order valence-corrected chi connectivity index (χ4v) is 6.16. The average Bonchev–Trinajstić information content (AvgIpc) is 3.71. The molecule has 12 heteroatoms. The van der Waals surface area contributed by atoms with Gasteiger partial charge in [-0.3, -0.25) is 4.90 Å². The van der Waals surface area contributed by atoms with Crippen molar-refractivity contribution in [1.29, 1.82) is 10.7 Å². The molecule has 0 aliphatic carbocycles. The fourth-order valence-electron chi connectivity index (χ4n) is 6.16. The van der Waals surface area contributed by atoms with Gasteiger partial charge >= 0.3 is 6.03 Å². The van der Waals surface area contributed by atoms with E-state index >= 15 is 0 Å². The summed E-state index contributed by atoms with van der Waals surface area (Å²) in [5, 5.41) is 24.9. The summed E-state index contributed by atoms with van der Waals surface area (Å²) in [5.74, 6) is 0.857. The number of rotatable bonds is 6. The van der Waals surface area contributed by atoms with Gasteiger partial charge in [0.2, 0.25) is 0 Å². The van der Waals surface area contributed by atoms with Gasteiger partial charge in [-0.1, -0.05) is 0 Å². The molecule has 1 unspecified atom stereocenters. The molecule has 0 radical (unpaired) electrons. The van der Waals surface area contributed by atoms with Gasteiger partial charge < -0.3 is 30.2 Å². The molecule has 3 aromatic rings. The highest BCUT2D eigenvalue weighted by Crippen LogP contribution is 2.31. The maximum absolute atomic E-state index is 13.3. The lowest BCUT2D eigenvalue weighted by molar-refractivity contribution is 0.0188. The van der Waals surface area contributed by atoms with Gasteiger partial charge in [-0.25, -0.2) is 14.3 Å². The average molecular weight is 569 g/mol. The zero-order valence-electron chi connectivity index (χ0n) is 23.9. The Hall–Kier alpha value is -4.47. The Bertz CT molecular complexity index is 1510. The van der Waals surface area contributed by atoms with Gasteiger partial charge in [0.25, 0.3) is 0 Å². The van der Waals surface area contributed by atoms with Crippen LogP contribution >= 0.6 is 0 Å². The number of piperazine rings is 1. The minimum absolute atomic E-state index is 0.142. The predicted octanol–water partition coefficient (Wildman–Crippen LogP) is 2.13. The molecule has 6 rings (SSSR count). The number of nitriles is 1. The third-order valence-corrected chi connectivity index (χ3v) is 8.45. The van der Waals surface area contributed by atoms with E-state index in [9.17, 15) is 10.1 Å². The molecule has 218 valence electrons. The molecule has 3 saturated heterocycles. The summed E-state index contributed by atoms with van der Waals surface area (Å²) >= 11 is 0. The highest BCUT2D eigenvalue weighted by atomic mass is 16.5. The third kappa shape index (κ3) is 5.41. The largest absolute Gasteiger partial charge is 0.393 e. The summed E-state index contributed by atoms with van der Waals surface area (Å²) in [7, 11) is 1.79. The number of pyridine rings is 2. The molecule has 0 spiro atoms. The van der Waals surface area contributed by atoms with E-state index < -0.39 is 0 Å². The van der Waals surface area contributed by atoms with Gasteiger partial charge in [0.15, 0.2) is 0 Å². The van der Waals surface area contributed by atoms with Crippen LogP contribution in [0.3, 0.4) is 0 Å². The molecule has 6 heterocycles. The van der Waals surface area contributed by atoms with Crippen molar-refractivity contribution in [3.8, 4) is 17.2 Å². The molecule has 0 saturated carbocycles. The Kier molecular flexibility index (Phi) is 8.03. The van der Waals surface area contributed by atoms with Crippen LogP contribution in [-0.2, 0) is 4.74 Å². The van der Waals surface area contributed by atoms with Crippen molar-refractivity contribution in [2.45, 2.75) is 12.5 Å². The number of urea groups is 1. The maximum atomic E-state index is 13.3. The second kappa shape index (κ2) is 12.2. The van der Waals surface area contributed by atoms with E-state index in [0.29, 0.717) is 35.8 Å². The van der Waals surface area contributed by atoms with Crippen LogP contribution in [-0.4, -0.2) is 120 Å². The van der Waals surface area contributed by atoms with E-state index in [0.717, 1.165) is 81.4 Å². The maximum Gasteiger partial charge on any atom is 0.320 e. The van der Waals surface area contributed by atoms with Crippen LogP contribution in [0.4, 0.5) is 10.6 Å². The predicted molar refractivity (Wildman–Crippen MR) is 161 cm³/mol. The lowest BCUT2D eigenvalue weighted by atomic mass is 10.0. The van der Waals surface area contributed by atoms with E-state index in [2.05, 4.69) is 26.3 Å². The van der Waals surface area contributed by atoms with E-state index in [-0.39, 0.29) is 6.03 Å². The number of morpholine rings is 1. The first-order valence-electron chi connectivity index (χ1n) is 14.5. The fraction of sp³-hybridized carbons (Fsp3) is 0.433. The smallest absolute Gasteiger partial charge is 0.320 e. The molecule has 42 heavy (non-hydrogen) atoms. The molecule has 1 atom stereocenters. The van der Waals surface area contributed by atoms with Crippen molar-refractivity contribution in [3.05, 3.63) is 54.1 Å². The van der Waals surface area contributed by atoms with Crippen molar-refractivity contribution in [2.75, 3.05) is 77.5 Å². The summed E-state index contributed by atoms with van der Waals surface area (Å²) in [6, 6.07) is 8.78. The summed E-state index contributed by atoms with van der Waals surface area (Å²) in [4.78, 5) is 26.7. The van der Waals surface area contributed by atoms with Gasteiger partial charge in [0, 0.05) is 113 Å². The summed E-state index contributed by atoms with van der Waals surface area (Å²) < 4.78 is 7.17. The minimum atomic E-state index is 0.142. The first kappa shape index (κ1) is 27.7. The Morgan fingerprint density at radius 1 is 1.12 bits per heavy atom. The number of hydrogen-bond donors (Lipinski definition) is 2. The number of likely N-dealkylation sites (tertiary alicyclic amines) is 1. The molecule has 0 bridgehead atoms. The molecular formula is C30H36N10O2. The molecule has 2 N–H and O–H groups in total. The number of fused-ring (bicyclic) bond motifs is 1. The van der Waals surface area contributed by atoms with Crippen molar-refractivity contribution in [1.82, 2.24) is 34.6 Å². The molecule has 3 aliphatic rings. The highest BCUT2D eigenvalue weighted by Gasteiger charge is 2.34. The van der Waals surface area contributed by atoms with Gasteiger partial charge in [0.1, 0.15) is 11.9 Å². The highest BCUT2D eigenvalue weighted by molar-refractivity contribution is 6.08. The molecule has 3 aliphatic heterocycles. The van der Waals surface area contributed by atoms with Gasteiger partial charge in [-0.15, -0.1) is 0 Å². The molecular weight excluding hydrogens is 532 g/mol. The Morgan fingerprint density at radius 2 is 1.93 bits per heavy atom. The second-order valence-electron chi connectivity index (χ2n) is 10.8. The van der Waals surface area contributed by atoms with Crippen molar-refractivity contribution in [2.24, 2.45) is 0 Å². The second-order valence-corrected chi connectivity index (χ2v) is 10.8. The monoisotopic (exact) mass is 568 g/mol. The lowest BCUT2D eigenvalue weighted by Crippen LogP contribution is -2.53. The summed E-state index contributed by atoms with van der Waals surface area (Å²) in [6.07, 6.45) is 9.27. The van der Waals surface area contributed by atoms with E-state index in [1.807, 2.05) is 40.4 Å². The van der Waals surface area contributed by atoms with Gasteiger partial charge in [-0.05, 0) is 24.6 Å². The van der Waals surface area contributed by atoms with Crippen LogP contribution < -0.4 is 10.2 Å². The van der Waals surface area contributed by atoms with Crippen molar-refractivity contribution < 1.29 is 9.53 Å². The van der Waals surface area contributed by atoms with Crippen LogP contribution in [0.1, 0.15) is 17.5 Å². The number of hydrogen-bond acceptors (Lipinski definition) is 9. The SMILES string of the molecule is CN/C=C(\C=N)c1cc(-c2ccc(N3CCN(C(=O)N4CCC(N5CCOCC5)C4)CC3)nc2)c2c(C#N)cnn2c1. The van der Waals surface area contributed by atoms with Crippen LogP contribution in [0.5, 0.6) is 0 Å².